The predicted molar refractivity (Wildman–Crippen MR) is 79.8 cm³/mol. The highest BCUT2D eigenvalue weighted by molar-refractivity contribution is 9.09. The van der Waals surface area contributed by atoms with Crippen LogP contribution in [0.15, 0.2) is 18.2 Å². The lowest BCUT2D eigenvalue weighted by molar-refractivity contribution is 0.0160. The zero-order chi connectivity index (χ0) is 14.5. The van der Waals surface area contributed by atoms with Crippen molar-refractivity contribution in [3.8, 4) is 0 Å². The smallest absolute Gasteiger partial charge is 0.253 e. The lowest BCUT2D eigenvalue weighted by Crippen LogP contribution is -2.41. The minimum absolute atomic E-state index is 0.0213. The first-order valence-corrected chi connectivity index (χ1v) is 7.97. The summed E-state index contributed by atoms with van der Waals surface area (Å²) in [7, 11) is 0. The average Bonchev–Trinajstić information content (AvgIpc) is 2.48. The number of aryl methyl sites for hydroxylation is 1. The fourth-order valence-electron chi connectivity index (χ4n) is 2.40. The molecule has 0 saturated carbocycles. The number of halogens is 2. The number of carbonyl (C=O) groups is 1. The summed E-state index contributed by atoms with van der Waals surface area (Å²) >= 11 is 3.33. The Morgan fingerprint density at radius 1 is 1.45 bits per heavy atom. The molecule has 0 radical (unpaired) electrons. The molecule has 0 aromatic heterocycles. The molecule has 1 heterocycles. The van der Waals surface area contributed by atoms with Gasteiger partial charge in [0.05, 0.1) is 12.7 Å². The molecule has 1 aliphatic heterocycles. The highest BCUT2D eigenvalue weighted by atomic mass is 79.9. The highest BCUT2D eigenvalue weighted by Gasteiger charge is 2.24. The minimum atomic E-state index is -0.275. The summed E-state index contributed by atoms with van der Waals surface area (Å²) in [4.78, 5) is 14.2. The first kappa shape index (κ1) is 15.4. The molecule has 5 heteroatoms. The van der Waals surface area contributed by atoms with E-state index in [1.165, 1.54) is 6.07 Å². The van der Waals surface area contributed by atoms with Gasteiger partial charge in [-0.05, 0) is 43.5 Å². The summed E-state index contributed by atoms with van der Waals surface area (Å²) in [5, 5.41) is 0.834. The molecule has 20 heavy (non-hydrogen) atoms. The Bertz CT molecular complexity index is 473. The van der Waals surface area contributed by atoms with Crippen molar-refractivity contribution in [3.05, 3.63) is 35.1 Å². The Morgan fingerprint density at radius 2 is 2.15 bits per heavy atom. The van der Waals surface area contributed by atoms with Crippen molar-refractivity contribution in [2.45, 2.75) is 25.9 Å². The average molecular weight is 344 g/mol. The Labute approximate surface area is 127 Å². The number of amides is 1. The van der Waals surface area contributed by atoms with Crippen molar-refractivity contribution >= 4 is 21.8 Å². The zero-order valence-corrected chi connectivity index (χ0v) is 13.2. The normalized spacial score (nSPS) is 16.4. The van der Waals surface area contributed by atoms with Crippen LogP contribution in [0.1, 0.15) is 28.8 Å². The number of hydrogen-bond donors (Lipinski definition) is 0. The maximum absolute atomic E-state index is 13.2. The number of nitrogens with zero attached hydrogens (tertiary/aromatic N) is 1. The highest BCUT2D eigenvalue weighted by Crippen LogP contribution is 2.18. The summed E-state index contributed by atoms with van der Waals surface area (Å²) in [5.41, 5.74) is 1.06. The molecule has 0 N–H and O–H groups in total. The Morgan fingerprint density at radius 3 is 2.75 bits per heavy atom. The molecule has 1 aromatic rings. The first-order valence-electron chi connectivity index (χ1n) is 6.85. The summed E-state index contributed by atoms with van der Waals surface area (Å²) in [5.74, 6) is -0.296. The van der Waals surface area contributed by atoms with E-state index < -0.39 is 0 Å². The third-order valence-electron chi connectivity index (χ3n) is 3.56. The molecule has 0 spiro atoms. The molecule has 0 atom stereocenters. The molecular weight excluding hydrogens is 325 g/mol. The van der Waals surface area contributed by atoms with Crippen molar-refractivity contribution < 1.29 is 13.9 Å². The van der Waals surface area contributed by atoms with Crippen LogP contribution in [0.2, 0.25) is 0 Å². The summed E-state index contributed by atoms with van der Waals surface area (Å²) in [6.45, 7) is 3.77. The van der Waals surface area contributed by atoms with Crippen molar-refractivity contribution in [2.75, 3.05) is 25.0 Å². The van der Waals surface area contributed by atoms with Gasteiger partial charge in [-0.25, -0.2) is 4.39 Å². The van der Waals surface area contributed by atoms with Crippen molar-refractivity contribution in [1.29, 1.82) is 0 Å². The lowest BCUT2D eigenvalue weighted by atomic mass is 10.1. The second kappa shape index (κ2) is 7.18. The molecule has 1 saturated heterocycles. The number of ether oxygens (including phenoxy) is 1. The van der Waals surface area contributed by atoms with E-state index in [0.717, 1.165) is 18.2 Å². The topological polar surface area (TPSA) is 29.5 Å². The van der Waals surface area contributed by atoms with Crippen LogP contribution in [0, 0.1) is 12.7 Å². The number of alkyl halides is 1. The van der Waals surface area contributed by atoms with Crippen molar-refractivity contribution in [2.24, 2.45) is 0 Å². The van der Waals surface area contributed by atoms with Gasteiger partial charge in [0.1, 0.15) is 5.82 Å². The van der Waals surface area contributed by atoms with Crippen LogP contribution in [0.4, 0.5) is 4.39 Å². The van der Waals surface area contributed by atoms with Gasteiger partial charge < -0.3 is 9.64 Å². The molecule has 3 nitrogen and oxygen atoms in total. The Hall–Kier alpha value is -0.940. The van der Waals surface area contributed by atoms with Gasteiger partial charge in [-0.3, -0.25) is 4.79 Å². The quantitative estimate of drug-likeness (QED) is 0.786. The van der Waals surface area contributed by atoms with Gasteiger partial charge in [-0.1, -0.05) is 15.9 Å². The maximum atomic E-state index is 13.2. The van der Waals surface area contributed by atoms with E-state index in [0.29, 0.717) is 30.8 Å². The van der Waals surface area contributed by atoms with Crippen LogP contribution in [0.5, 0.6) is 0 Å². The molecular formula is C15H19BrFNO2. The molecule has 1 fully saturated rings. The van der Waals surface area contributed by atoms with Gasteiger partial charge in [-0.15, -0.1) is 0 Å². The van der Waals surface area contributed by atoms with E-state index in [-0.39, 0.29) is 17.8 Å². The summed E-state index contributed by atoms with van der Waals surface area (Å²) in [6.07, 6.45) is 1.96. The minimum Gasteiger partial charge on any atom is -0.377 e. The van der Waals surface area contributed by atoms with Gasteiger partial charge in [0.15, 0.2) is 0 Å². The number of benzene rings is 1. The van der Waals surface area contributed by atoms with E-state index in [9.17, 15) is 9.18 Å². The van der Waals surface area contributed by atoms with Gasteiger partial charge in [0.2, 0.25) is 0 Å². The van der Waals surface area contributed by atoms with Gasteiger partial charge in [0, 0.05) is 24.0 Å². The fourth-order valence-corrected chi connectivity index (χ4v) is 2.58. The Balaban J connectivity index is 1.92. The zero-order valence-electron chi connectivity index (χ0n) is 11.6. The van der Waals surface area contributed by atoms with E-state index >= 15 is 0 Å². The predicted octanol–water partition coefficient (Wildman–Crippen LogP) is 3.15. The number of hydrogen-bond acceptors (Lipinski definition) is 2. The van der Waals surface area contributed by atoms with Crippen LogP contribution in [-0.4, -0.2) is 41.9 Å². The van der Waals surface area contributed by atoms with Crippen LogP contribution in [0.3, 0.4) is 0 Å². The van der Waals surface area contributed by atoms with E-state index in [2.05, 4.69) is 15.9 Å². The fraction of sp³-hybridized carbons (Fsp3) is 0.533. The largest absolute Gasteiger partial charge is 0.377 e. The standard InChI is InChI=1S/C15H19BrFNO2/c1-11-10-12(2-3-14(11)17)15(19)18-7-4-13(5-8-18)20-9-6-16/h2-3,10,13H,4-9H2,1H3. The SMILES string of the molecule is Cc1cc(C(=O)N2CCC(OCCBr)CC2)ccc1F. The molecule has 1 aliphatic rings. The second-order valence-electron chi connectivity index (χ2n) is 5.02. The summed E-state index contributed by atoms with van der Waals surface area (Å²) < 4.78 is 18.9. The first-order chi connectivity index (χ1) is 9.61. The van der Waals surface area contributed by atoms with Crippen LogP contribution in [-0.2, 0) is 4.74 Å². The Kier molecular flexibility index (Phi) is 5.54. The number of likely N-dealkylation sites (tertiary alicyclic amines) is 1. The summed E-state index contributed by atoms with van der Waals surface area (Å²) in [6, 6.07) is 4.53. The van der Waals surface area contributed by atoms with Gasteiger partial charge in [-0.2, -0.15) is 0 Å². The molecule has 0 aliphatic carbocycles. The van der Waals surface area contributed by atoms with Crippen LogP contribution in [0.25, 0.3) is 0 Å². The van der Waals surface area contributed by atoms with Crippen LogP contribution >= 0.6 is 15.9 Å². The monoisotopic (exact) mass is 343 g/mol. The molecule has 1 aromatic carbocycles. The van der Waals surface area contributed by atoms with Crippen molar-refractivity contribution in [3.63, 3.8) is 0 Å². The molecule has 2 rings (SSSR count). The third kappa shape index (κ3) is 3.79. The van der Waals surface area contributed by atoms with Crippen LogP contribution < -0.4 is 0 Å². The number of carbonyl (C=O) groups excluding carboxylic acids is 1. The van der Waals surface area contributed by atoms with E-state index in [1.54, 1.807) is 19.1 Å². The van der Waals surface area contributed by atoms with E-state index in [4.69, 9.17) is 4.74 Å². The van der Waals surface area contributed by atoms with Gasteiger partial charge >= 0.3 is 0 Å². The lowest BCUT2D eigenvalue weighted by Gasteiger charge is -2.32. The molecule has 0 unspecified atom stereocenters. The maximum Gasteiger partial charge on any atom is 0.253 e. The van der Waals surface area contributed by atoms with Gasteiger partial charge in [0.25, 0.3) is 5.91 Å². The second-order valence-corrected chi connectivity index (χ2v) is 5.81. The van der Waals surface area contributed by atoms with Crippen molar-refractivity contribution in [1.82, 2.24) is 4.90 Å². The number of rotatable bonds is 4. The molecule has 0 bridgehead atoms. The molecule has 110 valence electrons. The van der Waals surface area contributed by atoms with E-state index in [1.807, 2.05) is 4.90 Å². The molecule has 1 amide bonds. The number of piperidine rings is 1. The third-order valence-corrected chi connectivity index (χ3v) is 3.89.